The van der Waals surface area contributed by atoms with Crippen LogP contribution < -0.4 is 23.9 Å². The number of thiazole rings is 1. The molecule has 0 amide bonds. The van der Waals surface area contributed by atoms with Crippen LogP contribution in [0.3, 0.4) is 0 Å². The van der Waals surface area contributed by atoms with E-state index in [0.717, 1.165) is 56.9 Å². The quantitative estimate of drug-likeness (QED) is 0.345. The van der Waals surface area contributed by atoms with Gasteiger partial charge in [0.05, 0.1) is 37.8 Å². The molecule has 1 aliphatic heterocycles. The number of rotatable bonds is 5. The third kappa shape index (κ3) is 4.24. The monoisotopic (exact) mass is 493 g/mol. The van der Waals surface area contributed by atoms with Crippen LogP contribution in [0.25, 0.3) is 16.9 Å². The van der Waals surface area contributed by atoms with Crippen LogP contribution in [0.2, 0.25) is 5.02 Å². The Bertz CT molecular complexity index is 1380. The molecular formula is C26H24ClN3O3S. The second kappa shape index (κ2) is 9.44. The van der Waals surface area contributed by atoms with Gasteiger partial charge in [-0.2, -0.15) is 0 Å². The molecule has 0 N–H and O–H groups in total. The Hall–Kier alpha value is -3.42. The van der Waals surface area contributed by atoms with E-state index >= 15 is 0 Å². The summed E-state index contributed by atoms with van der Waals surface area (Å²) in [6.45, 7) is 1.43. The summed E-state index contributed by atoms with van der Waals surface area (Å²) in [5.41, 5.74) is 4.66. The Morgan fingerprint density at radius 1 is 0.971 bits per heavy atom. The van der Waals surface area contributed by atoms with Crippen molar-refractivity contribution in [2.45, 2.75) is 0 Å². The molecule has 1 aromatic heterocycles. The third-order valence-electron chi connectivity index (χ3n) is 5.73. The molecule has 0 bridgehead atoms. The summed E-state index contributed by atoms with van der Waals surface area (Å²) in [5, 5.41) is 2.75. The first kappa shape index (κ1) is 22.4. The van der Waals surface area contributed by atoms with Gasteiger partial charge in [-0.1, -0.05) is 11.6 Å². The Kier molecular flexibility index (Phi) is 6.22. The maximum Gasteiger partial charge on any atom is 0.195 e. The van der Waals surface area contributed by atoms with Crippen LogP contribution in [0.5, 0.6) is 17.2 Å². The average molecular weight is 494 g/mol. The fourth-order valence-corrected chi connectivity index (χ4v) is 5.06. The molecule has 34 heavy (non-hydrogen) atoms. The second-order valence-electron chi connectivity index (χ2n) is 7.82. The van der Waals surface area contributed by atoms with Gasteiger partial charge in [0.1, 0.15) is 18.1 Å². The zero-order chi connectivity index (χ0) is 23.7. The molecule has 4 aromatic rings. The minimum Gasteiger partial charge on any atom is -0.497 e. The van der Waals surface area contributed by atoms with E-state index in [1.165, 1.54) is 0 Å². The van der Waals surface area contributed by atoms with E-state index < -0.39 is 0 Å². The van der Waals surface area contributed by atoms with E-state index in [0.29, 0.717) is 11.6 Å². The van der Waals surface area contributed by atoms with Crippen LogP contribution in [0.1, 0.15) is 0 Å². The highest BCUT2D eigenvalue weighted by atomic mass is 35.5. The Balaban J connectivity index is 1.73. The van der Waals surface area contributed by atoms with E-state index in [1.54, 1.807) is 25.6 Å². The summed E-state index contributed by atoms with van der Waals surface area (Å²) in [5.74, 6) is 2.41. The smallest absolute Gasteiger partial charge is 0.195 e. The first-order valence-electron chi connectivity index (χ1n) is 10.8. The van der Waals surface area contributed by atoms with Crippen molar-refractivity contribution in [1.82, 2.24) is 4.57 Å². The number of anilines is 1. The lowest BCUT2D eigenvalue weighted by molar-refractivity contribution is 0.312. The number of methoxy groups -OCH3 is 2. The maximum absolute atomic E-state index is 6.56. The van der Waals surface area contributed by atoms with Gasteiger partial charge in [-0.3, -0.25) is 4.57 Å². The van der Waals surface area contributed by atoms with Crippen molar-refractivity contribution >= 4 is 34.3 Å². The van der Waals surface area contributed by atoms with Crippen molar-refractivity contribution in [3.63, 3.8) is 0 Å². The van der Waals surface area contributed by atoms with Crippen LogP contribution >= 0.6 is 22.9 Å². The van der Waals surface area contributed by atoms with E-state index in [1.807, 2.05) is 60.7 Å². The van der Waals surface area contributed by atoms with E-state index in [4.69, 9.17) is 30.8 Å². The van der Waals surface area contributed by atoms with Gasteiger partial charge in [-0.15, -0.1) is 11.3 Å². The molecule has 0 unspecified atom stereocenters. The molecule has 0 spiro atoms. The maximum atomic E-state index is 6.56. The van der Waals surface area contributed by atoms with Crippen molar-refractivity contribution < 1.29 is 14.2 Å². The summed E-state index contributed by atoms with van der Waals surface area (Å²) in [6, 6.07) is 19.5. The topological polar surface area (TPSA) is 48.2 Å². The van der Waals surface area contributed by atoms with Gasteiger partial charge >= 0.3 is 0 Å². The van der Waals surface area contributed by atoms with Gasteiger partial charge in [0.25, 0.3) is 0 Å². The van der Waals surface area contributed by atoms with Crippen LogP contribution in [0, 0.1) is 0 Å². The molecule has 2 heterocycles. The predicted molar refractivity (Wildman–Crippen MR) is 138 cm³/mol. The lowest BCUT2D eigenvalue weighted by Gasteiger charge is -2.29. The lowest BCUT2D eigenvalue weighted by atomic mass is 10.1. The van der Waals surface area contributed by atoms with Crippen molar-refractivity contribution in [3.05, 3.63) is 75.9 Å². The highest BCUT2D eigenvalue weighted by molar-refractivity contribution is 7.07. The average Bonchev–Trinajstić information content (AvgIpc) is 3.28. The highest BCUT2D eigenvalue weighted by Gasteiger charge is 2.23. The molecule has 6 nitrogen and oxygen atoms in total. The van der Waals surface area contributed by atoms with Crippen molar-refractivity contribution in [2.24, 2.45) is 4.99 Å². The summed E-state index contributed by atoms with van der Waals surface area (Å²) >= 11 is 8.12. The molecule has 3 aromatic carbocycles. The van der Waals surface area contributed by atoms with Crippen LogP contribution in [-0.2, 0) is 0 Å². The van der Waals surface area contributed by atoms with Gasteiger partial charge in [0, 0.05) is 28.7 Å². The zero-order valence-electron chi connectivity index (χ0n) is 19.1. The Morgan fingerprint density at radius 3 is 2.32 bits per heavy atom. The summed E-state index contributed by atoms with van der Waals surface area (Å²) < 4.78 is 18.9. The first-order valence-corrected chi connectivity index (χ1v) is 12.0. The fraction of sp³-hybridized carbons (Fsp3) is 0.192. The summed E-state index contributed by atoms with van der Waals surface area (Å²) in [7, 11) is 5.37. The number of benzene rings is 3. The molecule has 0 aliphatic carbocycles. The second-order valence-corrected chi connectivity index (χ2v) is 9.09. The van der Waals surface area contributed by atoms with Crippen molar-refractivity contribution in [2.75, 3.05) is 39.3 Å². The van der Waals surface area contributed by atoms with E-state index in [2.05, 4.69) is 21.9 Å². The van der Waals surface area contributed by atoms with Crippen LogP contribution in [0.15, 0.2) is 71.0 Å². The normalized spacial score (nSPS) is 13.4. The molecule has 0 saturated heterocycles. The Morgan fingerprint density at radius 2 is 1.65 bits per heavy atom. The van der Waals surface area contributed by atoms with Gasteiger partial charge in [0.15, 0.2) is 10.6 Å². The van der Waals surface area contributed by atoms with Crippen LogP contribution in [-0.4, -0.2) is 39.0 Å². The molecule has 8 heteroatoms. The summed E-state index contributed by atoms with van der Waals surface area (Å²) in [6.07, 6.45) is 0. The SMILES string of the molecule is COc1ccc(N=c2scc(-c3cc(Cl)cc4c3OCCN4C)n2-c2ccc(OC)cc2)cc1. The zero-order valence-corrected chi connectivity index (χ0v) is 20.7. The van der Waals surface area contributed by atoms with Gasteiger partial charge in [-0.25, -0.2) is 4.99 Å². The molecule has 0 saturated carbocycles. The van der Waals surface area contributed by atoms with Gasteiger partial charge < -0.3 is 19.1 Å². The number of likely N-dealkylation sites (N-methyl/N-ethyl adjacent to an activating group) is 1. The molecule has 174 valence electrons. The molecular weight excluding hydrogens is 470 g/mol. The van der Waals surface area contributed by atoms with Gasteiger partial charge in [-0.05, 0) is 60.7 Å². The number of ether oxygens (including phenoxy) is 3. The number of hydrogen-bond donors (Lipinski definition) is 0. The minimum absolute atomic E-state index is 0.619. The van der Waals surface area contributed by atoms with Crippen molar-refractivity contribution in [3.8, 4) is 34.2 Å². The lowest BCUT2D eigenvalue weighted by Crippen LogP contribution is -2.29. The number of hydrogen-bond acceptors (Lipinski definition) is 6. The minimum atomic E-state index is 0.619. The number of aromatic nitrogens is 1. The summed E-state index contributed by atoms with van der Waals surface area (Å²) in [4.78, 5) is 7.93. The molecule has 1 aliphatic rings. The molecule has 0 radical (unpaired) electrons. The van der Waals surface area contributed by atoms with Gasteiger partial charge in [0.2, 0.25) is 0 Å². The molecule has 5 rings (SSSR count). The molecule has 0 atom stereocenters. The largest absolute Gasteiger partial charge is 0.497 e. The number of fused-ring (bicyclic) bond motifs is 1. The predicted octanol–water partition coefficient (Wildman–Crippen LogP) is 5.94. The fourth-order valence-electron chi connectivity index (χ4n) is 3.94. The number of nitrogens with zero attached hydrogens (tertiary/aromatic N) is 3. The first-order chi connectivity index (χ1) is 16.6. The molecule has 0 fully saturated rings. The highest BCUT2D eigenvalue weighted by Crippen LogP contribution is 2.43. The van der Waals surface area contributed by atoms with E-state index in [-0.39, 0.29) is 0 Å². The Labute approximate surface area is 207 Å². The number of halogens is 1. The standard InChI is InChI=1S/C26H24ClN3O3S/c1-29-12-13-33-25-22(14-17(27)15-23(25)29)24-16-34-26(28-18-4-8-20(31-2)9-5-18)30(24)19-6-10-21(32-3)11-7-19/h4-11,14-16H,12-13H2,1-3H3. The van der Waals surface area contributed by atoms with Crippen molar-refractivity contribution in [1.29, 1.82) is 0 Å². The third-order valence-corrected chi connectivity index (χ3v) is 6.77. The van der Waals surface area contributed by atoms with E-state index in [9.17, 15) is 0 Å². The van der Waals surface area contributed by atoms with Crippen LogP contribution in [0.4, 0.5) is 11.4 Å².